The Morgan fingerprint density at radius 2 is 2.07 bits per heavy atom. The monoisotopic (exact) mass is 469 g/mol. The number of nitrogens with zero attached hydrogens (tertiary/aromatic N) is 3. The number of nitrogens with two attached hydrogens (primary N) is 1. The Labute approximate surface area is 168 Å². The fourth-order valence-electron chi connectivity index (χ4n) is 2.37. The molecule has 0 spiro atoms. The maximum absolute atomic E-state index is 12.3. The third kappa shape index (κ3) is 4.72. The highest BCUT2D eigenvalue weighted by atomic mass is 79.9. The van der Waals surface area contributed by atoms with Crippen LogP contribution in [-0.2, 0) is 21.2 Å². The quantitative estimate of drug-likeness (QED) is 0.594. The number of rotatable bonds is 5. The van der Waals surface area contributed by atoms with Crippen LogP contribution in [0.4, 0.5) is 5.69 Å². The second kappa shape index (κ2) is 7.77. The summed E-state index contributed by atoms with van der Waals surface area (Å²) < 4.78 is 26.0. The van der Waals surface area contributed by atoms with E-state index in [2.05, 4.69) is 31.3 Å². The van der Waals surface area contributed by atoms with Crippen molar-refractivity contribution in [3.05, 3.63) is 64.1 Å². The first-order chi connectivity index (χ1) is 12.7. The number of amides is 1. The number of carbonyl (C=O) groups excluding carboxylic acids is 1. The summed E-state index contributed by atoms with van der Waals surface area (Å²) in [5.41, 5.74) is 1.15. The molecule has 1 aromatic carbocycles. The zero-order chi connectivity index (χ0) is 19.6. The van der Waals surface area contributed by atoms with Gasteiger partial charge in [0.25, 0.3) is 0 Å². The maximum Gasteiger partial charge on any atom is 0.240 e. The summed E-state index contributed by atoms with van der Waals surface area (Å²) in [5, 5.41) is 12.4. The number of pyridine rings is 1. The van der Waals surface area contributed by atoms with E-state index in [4.69, 9.17) is 16.7 Å². The largest absolute Gasteiger partial charge is 0.326 e. The SMILES string of the molecule is NS(=O)(=O)c1cc(NC(=O)Cc2ccncc2Cl)ccc1-n1cc(Br)cn1. The van der Waals surface area contributed by atoms with Crippen LogP contribution in [-0.4, -0.2) is 29.1 Å². The Kier molecular flexibility index (Phi) is 5.61. The zero-order valence-electron chi connectivity index (χ0n) is 13.6. The van der Waals surface area contributed by atoms with E-state index in [-0.39, 0.29) is 28.6 Å². The Morgan fingerprint density at radius 3 is 2.70 bits per heavy atom. The van der Waals surface area contributed by atoms with Crippen LogP contribution < -0.4 is 10.5 Å². The maximum atomic E-state index is 12.3. The molecule has 3 N–H and O–H groups in total. The lowest BCUT2D eigenvalue weighted by atomic mass is 10.2. The van der Waals surface area contributed by atoms with Crippen molar-refractivity contribution in [3.8, 4) is 5.69 Å². The van der Waals surface area contributed by atoms with Crippen molar-refractivity contribution >= 4 is 49.1 Å². The summed E-state index contributed by atoms with van der Waals surface area (Å²) in [6.45, 7) is 0. The molecule has 2 heterocycles. The Balaban J connectivity index is 1.89. The number of nitrogens with one attached hydrogen (secondary N) is 1. The highest BCUT2D eigenvalue weighted by Crippen LogP contribution is 2.24. The molecular formula is C16H13BrClN5O3S. The third-order valence-electron chi connectivity index (χ3n) is 3.56. The molecule has 11 heteroatoms. The number of hydrogen-bond acceptors (Lipinski definition) is 5. The van der Waals surface area contributed by atoms with Crippen molar-refractivity contribution in [3.63, 3.8) is 0 Å². The molecule has 3 aromatic rings. The average Bonchev–Trinajstić information content (AvgIpc) is 3.02. The summed E-state index contributed by atoms with van der Waals surface area (Å²) in [7, 11) is -4.05. The van der Waals surface area contributed by atoms with Gasteiger partial charge in [0.2, 0.25) is 15.9 Å². The molecule has 0 bridgehead atoms. The lowest BCUT2D eigenvalue weighted by Crippen LogP contribution is -2.18. The van der Waals surface area contributed by atoms with Crippen LogP contribution in [0.15, 0.2) is 58.4 Å². The van der Waals surface area contributed by atoms with E-state index in [0.29, 0.717) is 15.1 Å². The fraction of sp³-hybridized carbons (Fsp3) is 0.0625. The molecule has 0 atom stereocenters. The molecule has 0 fully saturated rings. The predicted molar refractivity (Wildman–Crippen MR) is 104 cm³/mol. The molecule has 0 aliphatic carbocycles. The van der Waals surface area contributed by atoms with Gasteiger partial charge in [-0.3, -0.25) is 9.78 Å². The molecule has 140 valence electrons. The highest BCUT2D eigenvalue weighted by Gasteiger charge is 2.18. The molecule has 0 aliphatic heterocycles. The molecule has 0 saturated carbocycles. The Bertz CT molecular complexity index is 1120. The van der Waals surface area contributed by atoms with Gasteiger partial charge in [-0.05, 0) is 45.8 Å². The summed E-state index contributed by atoms with van der Waals surface area (Å²) in [6, 6.07) is 5.99. The van der Waals surface area contributed by atoms with Crippen LogP contribution in [0.2, 0.25) is 5.02 Å². The van der Waals surface area contributed by atoms with Crippen LogP contribution in [0.25, 0.3) is 5.69 Å². The number of hydrogen-bond donors (Lipinski definition) is 2. The second-order valence-corrected chi connectivity index (χ2v) is 8.38. The fourth-order valence-corrected chi connectivity index (χ4v) is 3.58. The third-order valence-corrected chi connectivity index (χ3v) is 5.25. The number of benzene rings is 1. The van der Waals surface area contributed by atoms with Crippen LogP contribution in [0.1, 0.15) is 5.56 Å². The van der Waals surface area contributed by atoms with E-state index in [9.17, 15) is 13.2 Å². The van der Waals surface area contributed by atoms with Gasteiger partial charge < -0.3 is 5.32 Å². The molecule has 27 heavy (non-hydrogen) atoms. The molecule has 1 amide bonds. The number of carbonyl (C=O) groups is 1. The van der Waals surface area contributed by atoms with Crippen LogP contribution in [0.3, 0.4) is 0 Å². The van der Waals surface area contributed by atoms with Crippen LogP contribution in [0.5, 0.6) is 0 Å². The van der Waals surface area contributed by atoms with Gasteiger partial charge in [0.15, 0.2) is 0 Å². The minimum Gasteiger partial charge on any atom is -0.326 e. The molecular weight excluding hydrogens is 458 g/mol. The summed E-state index contributed by atoms with van der Waals surface area (Å²) in [4.78, 5) is 15.9. The summed E-state index contributed by atoms with van der Waals surface area (Å²) in [5.74, 6) is -0.363. The minimum absolute atomic E-state index is 0.0138. The van der Waals surface area contributed by atoms with Gasteiger partial charge in [0.1, 0.15) is 4.90 Å². The van der Waals surface area contributed by atoms with E-state index in [0.717, 1.165) is 0 Å². The predicted octanol–water partition coefficient (Wildman–Crippen LogP) is 2.51. The van der Waals surface area contributed by atoms with E-state index in [1.807, 2.05) is 0 Å². The van der Waals surface area contributed by atoms with Crippen molar-refractivity contribution in [2.45, 2.75) is 11.3 Å². The van der Waals surface area contributed by atoms with E-state index in [1.165, 1.54) is 35.4 Å². The number of anilines is 1. The van der Waals surface area contributed by atoms with E-state index < -0.39 is 10.0 Å². The molecule has 8 nitrogen and oxygen atoms in total. The molecule has 0 unspecified atom stereocenters. The summed E-state index contributed by atoms with van der Waals surface area (Å²) >= 11 is 9.25. The van der Waals surface area contributed by atoms with Crippen LogP contribution in [0, 0.1) is 0 Å². The van der Waals surface area contributed by atoms with Gasteiger partial charge >= 0.3 is 0 Å². The lowest BCUT2D eigenvalue weighted by molar-refractivity contribution is -0.115. The Hall–Kier alpha value is -2.27. The molecule has 0 saturated heterocycles. The molecule has 3 rings (SSSR count). The van der Waals surface area contributed by atoms with Crippen molar-refractivity contribution in [2.75, 3.05) is 5.32 Å². The number of sulfonamides is 1. The van der Waals surface area contributed by atoms with Gasteiger partial charge in [0, 0.05) is 24.3 Å². The van der Waals surface area contributed by atoms with Crippen molar-refractivity contribution in [2.24, 2.45) is 5.14 Å². The first-order valence-electron chi connectivity index (χ1n) is 7.49. The number of aromatic nitrogens is 3. The summed E-state index contributed by atoms with van der Waals surface area (Å²) in [6.07, 6.45) is 6.10. The molecule has 0 radical (unpaired) electrons. The first-order valence-corrected chi connectivity index (χ1v) is 10.2. The van der Waals surface area contributed by atoms with Crippen LogP contribution >= 0.6 is 27.5 Å². The number of primary sulfonamides is 1. The number of halogens is 2. The van der Waals surface area contributed by atoms with Gasteiger partial charge in [-0.2, -0.15) is 5.10 Å². The molecule has 0 aliphatic rings. The lowest BCUT2D eigenvalue weighted by Gasteiger charge is -2.11. The standard InChI is InChI=1S/C16H13BrClN5O3S/c17-11-7-21-23(9-11)14-2-1-12(6-15(14)27(19,25)26)22-16(24)5-10-3-4-20-8-13(10)18/h1-4,6-9H,5H2,(H,22,24)(H2,19,25,26). The van der Waals surface area contributed by atoms with E-state index >= 15 is 0 Å². The highest BCUT2D eigenvalue weighted by molar-refractivity contribution is 9.10. The van der Waals surface area contributed by atoms with Crippen molar-refractivity contribution in [1.82, 2.24) is 14.8 Å². The average molecular weight is 471 g/mol. The molecule has 2 aromatic heterocycles. The first kappa shape index (κ1) is 19.5. The topological polar surface area (TPSA) is 120 Å². The van der Waals surface area contributed by atoms with Gasteiger partial charge in [-0.1, -0.05) is 11.6 Å². The van der Waals surface area contributed by atoms with Gasteiger partial charge in [-0.15, -0.1) is 0 Å². The van der Waals surface area contributed by atoms with Gasteiger partial charge in [0.05, 0.1) is 27.8 Å². The Morgan fingerprint density at radius 1 is 1.30 bits per heavy atom. The van der Waals surface area contributed by atoms with E-state index in [1.54, 1.807) is 18.3 Å². The second-order valence-electron chi connectivity index (χ2n) is 5.52. The van der Waals surface area contributed by atoms with Gasteiger partial charge in [-0.25, -0.2) is 18.2 Å². The normalized spacial score (nSPS) is 11.4. The van der Waals surface area contributed by atoms with Crippen molar-refractivity contribution in [1.29, 1.82) is 0 Å². The zero-order valence-corrected chi connectivity index (χ0v) is 16.8. The minimum atomic E-state index is -4.05. The smallest absolute Gasteiger partial charge is 0.240 e. The van der Waals surface area contributed by atoms with Crippen molar-refractivity contribution < 1.29 is 13.2 Å².